The van der Waals surface area contributed by atoms with Crippen molar-refractivity contribution in [2.45, 2.75) is 39.7 Å². The lowest BCUT2D eigenvalue weighted by Gasteiger charge is -2.15. The largest absolute Gasteiger partial charge is 0.382 e. The smallest absolute Gasteiger partial charge is 0.0700 e. The lowest BCUT2D eigenvalue weighted by atomic mass is 10.1. The highest BCUT2D eigenvalue weighted by molar-refractivity contribution is 5.00. The minimum atomic E-state index is 0.437. The fourth-order valence-corrected chi connectivity index (χ4v) is 1.43. The van der Waals surface area contributed by atoms with Crippen LogP contribution in [0, 0.1) is 0 Å². The van der Waals surface area contributed by atoms with Gasteiger partial charge in [0.15, 0.2) is 0 Å². The topological polar surface area (TPSA) is 30.5 Å². The van der Waals surface area contributed by atoms with Crippen LogP contribution >= 0.6 is 0 Å². The van der Waals surface area contributed by atoms with Gasteiger partial charge >= 0.3 is 0 Å². The maximum Gasteiger partial charge on any atom is 0.0700 e. The van der Waals surface area contributed by atoms with Gasteiger partial charge in [0.2, 0.25) is 0 Å². The number of rotatable bonds is 10. The van der Waals surface area contributed by atoms with Gasteiger partial charge < -0.3 is 14.8 Å². The molecule has 1 unspecified atom stereocenters. The second-order valence-electron chi connectivity index (χ2n) is 4.20. The lowest BCUT2D eigenvalue weighted by molar-refractivity contribution is 0.0674. The molecule has 0 amide bonds. The SMILES string of the molecule is CCCNC(C=C(C)C)CCOCCOC. The molecule has 0 aromatic carbocycles. The summed E-state index contributed by atoms with van der Waals surface area (Å²) in [6, 6.07) is 0.437. The van der Waals surface area contributed by atoms with Crippen molar-refractivity contribution in [1.82, 2.24) is 5.32 Å². The third-order valence-corrected chi connectivity index (χ3v) is 2.20. The van der Waals surface area contributed by atoms with Crippen LogP contribution < -0.4 is 5.32 Å². The maximum atomic E-state index is 5.47. The van der Waals surface area contributed by atoms with Crippen LogP contribution in [0.1, 0.15) is 33.6 Å². The summed E-state index contributed by atoms with van der Waals surface area (Å²) >= 11 is 0. The quantitative estimate of drug-likeness (QED) is 0.461. The average Bonchev–Trinajstić information content (AvgIpc) is 2.24. The predicted molar refractivity (Wildman–Crippen MR) is 68.8 cm³/mol. The zero-order valence-electron chi connectivity index (χ0n) is 11.2. The molecule has 1 N–H and O–H groups in total. The average molecular weight is 229 g/mol. The van der Waals surface area contributed by atoms with Crippen molar-refractivity contribution in [2.75, 3.05) is 33.5 Å². The molecule has 0 aliphatic rings. The Morgan fingerprint density at radius 2 is 2.00 bits per heavy atom. The number of hydrogen-bond acceptors (Lipinski definition) is 3. The van der Waals surface area contributed by atoms with E-state index in [9.17, 15) is 0 Å². The zero-order valence-corrected chi connectivity index (χ0v) is 11.2. The Morgan fingerprint density at radius 1 is 1.25 bits per heavy atom. The number of nitrogens with one attached hydrogen (secondary N) is 1. The van der Waals surface area contributed by atoms with Gasteiger partial charge in [-0.1, -0.05) is 18.6 Å². The van der Waals surface area contributed by atoms with Gasteiger partial charge in [-0.2, -0.15) is 0 Å². The molecule has 0 radical (unpaired) electrons. The van der Waals surface area contributed by atoms with Gasteiger partial charge in [-0.3, -0.25) is 0 Å². The molecule has 0 saturated heterocycles. The van der Waals surface area contributed by atoms with Gasteiger partial charge in [0, 0.05) is 19.8 Å². The van der Waals surface area contributed by atoms with E-state index >= 15 is 0 Å². The van der Waals surface area contributed by atoms with Crippen molar-refractivity contribution in [3.05, 3.63) is 11.6 Å². The second kappa shape index (κ2) is 11.1. The molecule has 1 atom stereocenters. The van der Waals surface area contributed by atoms with Gasteiger partial charge in [-0.15, -0.1) is 0 Å². The Balaban J connectivity index is 3.70. The first-order valence-corrected chi connectivity index (χ1v) is 6.15. The van der Waals surface area contributed by atoms with Crippen LogP contribution in [0.4, 0.5) is 0 Å². The first-order valence-electron chi connectivity index (χ1n) is 6.15. The van der Waals surface area contributed by atoms with Crippen LogP contribution in [0.25, 0.3) is 0 Å². The van der Waals surface area contributed by atoms with Gasteiger partial charge in [0.25, 0.3) is 0 Å². The third kappa shape index (κ3) is 10.1. The van der Waals surface area contributed by atoms with Crippen LogP contribution in [0.15, 0.2) is 11.6 Å². The van der Waals surface area contributed by atoms with Crippen LogP contribution in [0.3, 0.4) is 0 Å². The molecular formula is C13H27NO2. The molecule has 0 rings (SSSR count). The monoisotopic (exact) mass is 229 g/mol. The molecular weight excluding hydrogens is 202 g/mol. The van der Waals surface area contributed by atoms with Gasteiger partial charge in [-0.25, -0.2) is 0 Å². The van der Waals surface area contributed by atoms with Crippen LogP contribution in [0.2, 0.25) is 0 Å². The van der Waals surface area contributed by atoms with E-state index in [4.69, 9.17) is 9.47 Å². The summed E-state index contributed by atoms with van der Waals surface area (Å²) < 4.78 is 10.4. The summed E-state index contributed by atoms with van der Waals surface area (Å²) in [4.78, 5) is 0. The Labute approximate surface area is 100 Å². The van der Waals surface area contributed by atoms with Gasteiger partial charge in [-0.05, 0) is 33.2 Å². The van der Waals surface area contributed by atoms with E-state index in [1.807, 2.05) is 0 Å². The molecule has 0 bridgehead atoms. The number of hydrogen-bond donors (Lipinski definition) is 1. The molecule has 0 aliphatic carbocycles. The van der Waals surface area contributed by atoms with Crippen molar-refractivity contribution >= 4 is 0 Å². The summed E-state index contributed by atoms with van der Waals surface area (Å²) in [5, 5.41) is 3.50. The molecule has 0 heterocycles. The fraction of sp³-hybridized carbons (Fsp3) is 0.846. The zero-order chi connectivity index (χ0) is 12.2. The lowest BCUT2D eigenvalue weighted by Crippen LogP contribution is -2.29. The number of methoxy groups -OCH3 is 1. The summed E-state index contributed by atoms with van der Waals surface area (Å²) in [6.45, 7) is 9.66. The van der Waals surface area contributed by atoms with E-state index in [2.05, 4.69) is 32.2 Å². The van der Waals surface area contributed by atoms with E-state index in [1.54, 1.807) is 7.11 Å². The number of ether oxygens (including phenoxy) is 2. The van der Waals surface area contributed by atoms with Crippen molar-refractivity contribution in [1.29, 1.82) is 0 Å². The van der Waals surface area contributed by atoms with Crippen molar-refractivity contribution in [3.8, 4) is 0 Å². The highest BCUT2D eigenvalue weighted by Gasteiger charge is 2.03. The molecule has 3 heteroatoms. The normalized spacial score (nSPS) is 12.5. The van der Waals surface area contributed by atoms with Crippen LogP contribution in [-0.4, -0.2) is 39.5 Å². The molecule has 16 heavy (non-hydrogen) atoms. The second-order valence-corrected chi connectivity index (χ2v) is 4.20. The predicted octanol–water partition coefficient (Wildman–Crippen LogP) is 2.37. The molecule has 3 nitrogen and oxygen atoms in total. The fourth-order valence-electron chi connectivity index (χ4n) is 1.43. The Bertz CT molecular complexity index is 177. The van der Waals surface area contributed by atoms with Gasteiger partial charge in [0.05, 0.1) is 13.2 Å². The molecule has 0 aromatic rings. The first-order chi connectivity index (χ1) is 7.70. The molecule has 0 aliphatic heterocycles. The van der Waals surface area contributed by atoms with Crippen molar-refractivity contribution in [3.63, 3.8) is 0 Å². The Hall–Kier alpha value is -0.380. The summed E-state index contributed by atoms with van der Waals surface area (Å²) in [7, 11) is 1.69. The van der Waals surface area contributed by atoms with E-state index in [1.165, 1.54) is 5.57 Å². The van der Waals surface area contributed by atoms with Crippen molar-refractivity contribution < 1.29 is 9.47 Å². The molecule has 0 aromatic heterocycles. The van der Waals surface area contributed by atoms with Crippen LogP contribution in [0.5, 0.6) is 0 Å². The highest BCUT2D eigenvalue weighted by atomic mass is 16.5. The summed E-state index contributed by atoms with van der Waals surface area (Å²) in [5.74, 6) is 0. The molecule has 0 saturated carbocycles. The molecule has 96 valence electrons. The molecule has 0 spiro atoms. The standard InChI is InChI=1S/C13H27NO2/c1-5-7-14-13(11-12(2)3)6-8-16-10-9-15-4/h11,13-14H,5-10H2,1-4H3. The maximum absolute atomic E-state index is 5.47. The van der Waals surface area contributed by atoms with E-state index in [-0.39, 0.29) is 0 Å². The Morgan fingerprint density at radius 3 is 2.56 bits per heavy atom. The molecule has 0 fully saturated rings. The van der Waals surface area contributed by atoms with E-state index in [0.29, 0.717) is 19.3 Å². The van der Waals surface area contributed by atoms with Gasteiger partial charge in [0.1, 0.15) is 0 Å². The summed E-state index contributed by atoms with van der Waals surface area (Å²) in [5.41, 5.74) is 1.35. The van der Waals surface area contributed by atoms with Crippen LogP contribution in [-0.2, 0) is 9.47 Å². The first kappa shape index (κ1) is 15.6. The van der Waals surface area contributed by atoms with E-state index in [0.717, 1.165) is 26.0 Å². The minimum Gasteiger partial charge on any atom is -0.382 e. The number of allylic oxidation sites excluding steroid dienone is 1. The highest BCUT2D eigenvalue weighted by Crippen LogP contribution is 2.00. The Kier molecular flexibility index (Phi) is 10.9. The third-order valence-electron chi connectivity index (χ3n) is 2.20. The summed E-state index contributed by atoms with van der Waals surface area (Å²) in [6.07, 6.45) is 4.46. The minimum absolute atomic E-state index is 0.437. The van der Waals surface area contributed by atoms with Crippen molar-refractivity contribution in [2.24, 2.45) is 0 Å². The van der Waals surface area contributed by atoms with E-state index < -0.39 is 0 Å².